The van der Waals surface area contributed by atoms with Crippen LogP contribution < -0.4 is 10.6 Å². The van der Waals surface area contributed by atoms with Crippen molar-refractivity contribution in [3.63, 3.8) is 0 Å². The second-order valence-electron chi connectivity index (χ2n) is 4.30. The van der Waals surface area contributed by atoms with Crippen LogP contribution in [0.3, 0.4) is 0 Å². The van der Waals surface area contributed by atoms with E-state index in [1.165, 1.54) is 0 Å². The molecule has 132 valence electrons. The highest BCUT2D eigenvalue weighted by atomic mass is 16.3. The van der Waals surface area contributed by atoms with Crippen LogP contribution in [0.2, 0.25) is 0 Å². The maximum Gasteiger partial charge on any atom is 0.290 e. The molecular weight excluding hydrogens is 316 g/mol. The minimum Gasteiger partial charge on any atom is -0.483 e. The van der Waals surface area contributed by atoms with Gasteiger partial charge in [-0.15, -0.1) is 0 Å². The molecule has 10 nitrogen and oxygen atoms in total. The summed E-state index contributed by atoms with van der Waals surface area (Å²) in [4.78, 5) is 27.6. The van der Waals surface area contributed by atoms with Gasteiger partial charge in [-0.1, -0.05) is 0 Å². The van der Waals surface area contributed by atoms with Gasteiger partial charge in [0.15, 0.2) is 0 Å². The van der Waals surface area contributed by atoms with E-state index in [1.807, 2.05) is 13.0 Å². The van der Waals surface area contributed by atoms with Crippen molar-refractivity contribution in [1.29, 1.82) is 0 Å². The van der Waals surface area contributed by atoms with E-state index in [0.717, 1.165) is 30.2 Å². The van der Waals surface area contributed by atoms with E-state index in [9.17, 15) is 0 Å². The summed E-state index contributed by atoms with van der Waals surface area (Å²) in [5, 5.41) is 20.9. The fourth-order valence-corrected chi connectivity index (χ4v) is 1.78. The van der Waals surface area contributed by atoms with E-state index >= 15 is 0 Å². The summed E-state index contributed by atoms with van der Waals surface area (Å²) in [6, 6.07) is 3.68. The molecule has 0 fully saturated rings. The average molecular weight is 338 g/mol. The number of hydrogen-bond acceptors (Lipinski definition) is 7. The lowest BCUT2D eigenvalue weighted by molar-refractivity contribution is -0.123. The van der Waals surface area contributed by atoms with Gasteiger partial charge in [0.25, 0.3) is 12.9 Å². The Balaban J connectivity index is 0.000000772. The highest BCUT2D eigenvalue weighted by Crippen LogP contribution is 2.20. The van der Waals surface area contributed by atoms with Crippen molar-refractivity contribution in [3.8, 4) is 11.4 Å². The highest BCUT2D eigenvalue weighted by molar-refractivity contribution is 5.60. The number of nitrogens with one attached hydrogen (secondary N) is 1. The van der Waals surface area contributed by atoms with E-state index in [2.05, 4.69) is 38.9 Å². The summed E-state index contributed by atoms with van der Waals surface area (Å²) in [7, 11) is 0. The number of carboxylic acid groups (broad SMARTS) is 2. The molecule has 0 aliphatic heterocycles. The van der Waals surface area contributed by atoms with Crippen molar-refractivity contribution in [2.75, 3.05) is 23.7 Å². The van der Waals surface area contributed by atoms with Crippen molar-refractivity contribution >= 4 is 24.7 Å². The van der Waals surface area contributed by atoms with Crippen LogP contribution >= 0.6 is 0 Å². The molecule has 0 saturated carbocycles. The van der Waals surface area contributed by atoms with Gasteiger partial charge in [-0.25, -0.2) is 4.98 Å². The molecule has 0 saturated heterocycles. The van der Waals surface area contributed by atoms with Gasteiger partial charge in [-0.05, 0) is 26.8 Å². The van der Waals surface area contributed by atoms with Crippen LogP contribution in [0, 0.1) is 6.92 Å². The van der Waals surface area contributed by atoms with Crippen molar-refractivity contribution in [2.24, 2.45) is 0 Å². The maximum absolute atomic E-state index is 8.36. The Labute approximate surface area is 139 Å². The molecule has 2 aromatic rings. The topological polar surface area (TPSA) is 158 Å². The molecule has 10 heteroatoms. The number of H-pyrrole nitrogens is 1. The van der Waals surface area contributed by atoms with Crippen LogP contribution in [0.15, 0.2) is 12.1 Å². The van der Waals surface area contributed by atoms with E-state index in [0.29, 0.717) is 11.8 Å². The Bertz CT molecular complexity index is 621. The first kappa shape index (κ1) is 20.8. The summed E-state index contributed by atoms with van der Waals surface area (Å²) < 4.78 is 0. The fraction of sp³-hybridized carbons (Fsp3) is 0.357. The maximum atomic E-state index is 8.36. The summed E-state index contributed by atoms with van der Waals surface area (Å²) in [5.74, 6) is 1.11. The second-order valence-corrected chi connectivity index (χ2v) is 4.30. The Morgan fingerprint density at radius 3 is 2.08 bits per heavy atom. The van der Waals surface area contributed by atoms with Crippen LogP contribution in [0.5, 0.6) is 0 Å². The number of nitrogens with zero attached hydrogens (tertiary/aromatic N) is 4. The molecular formula is C14H22N6O4. The predicted molar refractivity (Wildman–Crippen MR) is 89.7 cm³/mol. The first-order chi connectivity index (χ1) is 11.5. The zero-order chi connectivity index (χ0) is 18.5. The number of aromatic nitrogens is 4. The number of anilines is 2. The normalized spacial score (nSPS) is 8.96. The van der Waals surface area contributed by atoms with Gasteiger partial charge in [0.2, 0.25) is 5.95 Å². The first-order valence-corrected chi connectivity index (χ1v) is 7.04. The minimum absolute atomic E-state index is 0.250. The Hall–Kier alpha value is -3.17. The molecule has 0 amide bonds. The molecule has 0 aliphatic rings. The van der Waals surface area contributed by atoms with Gasteiger partial charge in [-0.3, -0.25) is 14.7 Å². The SMILES string of the molecule is CCN(CC)c1nc(N)cc(-c2cc(C)[nH]n2)n1.O=CO.O=CO. The number of carbonyl (C=O) groups is 2. The van der Waals surface area contributed by atoms with Crippen molar-refractivity contribution < 1.29 is 19.8 Å². The van der Waals surface area contributed by atoms with Gasteiger partial charge >= 0.3 is 0 Å². The van der Waals surface area contributed by atoms with Gasteiger partial charge in [0, 0.05) is 24.8 Å². The number of aryl methyl sites for hydroxylation is 1. The molecule has 0 radical (unpaired) electrons. The van der Waals surface area contributed by atoms with E-state index in [1.54, 1.807) is 6.07 Å². The molecule has 2 rings (SSSR count). The third-order valence-electron chi connectivity index (χ3n) is 2.75. The van der Waals surface area contributed by atoms with E-state index < -0.39 is 0 Å². The molecule has 0 aliphatic carbocycles. The number of hydrogen-bond donors (Lipinski definition) is 4. The highest BCUT2D eigenvalue weighted by Gasteiger charge is 2.11. The molecule has 0 aromatic carbocycles. The van der Waals surface area contributed by atoms with Crippen LogP contribution in [-0.4, -0.2) is 56.4 Å². The van der Waals surface area contributed by atoms with Gasteiger partial charge in [0.1, 0.15) is 11.5 Å². The second kappa shape index (κ2) is 11.4. The third-order valence-corrected chi connectivity index (χ3v) is 2.75. The lowest BCUT2D eigenvalue weighted by atomic mass is 10.3. The minimum atomic E-state index is -0.250. The third kappa shape index (κ3) is 6.73. The number of aromatic amines is 1. The Morgan fingerprint density at radius 1 is 1.12 bits per heavy atom. The van der Waals surface area contributed by atoms with Gasteiger partial charge < -0.3 is 20.8 Å². The largest absolute Gasteiger partial charge is 0.483 e. The predicted octanol–water partition coefficient (Wildman–Crippen LogP) is 1.01. The Morgan fingerprint density at radius 2 is 1.67 bits per heavy atom. The summed E-state index contributed by atoms with van der Waals surface area (Å²) >= 11 is 0. The molecule has 0 atom stereocenters. The zero-order valence-corrected chi connectivity index (χ0v) is 13.8. The molecule has 24 heavy (non-hydrogen) atoms. The Kier molecular flexibility index (Phi) is 9.90. The van der Waals surface area contributed by atoms with Crippen molar-refractivity contribution in [1.82, 2.24) is 20.2 Å². The lowest BCUT2D eigenvalue weighted by Crippen LogP contribution is -2.24. The van der Waals surface area contributed by atoms with Crippen LogP contribution in [0.25, 0.3) is 11.4 Å². The fourth-order valence-electron chi connectivity index (χ4n) is 1.78. The molecule has 0 spiro atoms. The average Bonchev–Trinajstić information content (AvgIpc) is 2.96. The molecule has 0 bridgehead atoms. The summed E-state index contributed by atoms with van der Waals surface area (Å²) in [6.45, 7) is 7.27. The van der Waals surface area contributed by atoms with Crippen LogP contribution in [-0.2, 0) is 9.59 Å². The smallest absolute Gasteiger partial charge is 0.290 e. The number of nitrogens with two attached hydrogens (primary N) is 1. The van der Waals surface area contributed by atoms with Crippen LogP contribution in [0.1, 0.15) is 19.5 Å². The van der Waals surface area contributed by atoms with E-state index in [-0.39, 0.29) is 12.9 Å². The molecule has 0 unspecified atom stereocenters. The van der Waals surface area contributed by atoms with Gasteiger partial charge in [0.05, 0.1) is 5.69 Å². The number of nitrogen functional groups attached to an aromatic ring is 1. The summed E-state index contributed by atoms with van der Waals surface area (Å²) in [5.41, 5.74) is 8.36. The van der Waals surface area contributed by atoms with Crippen LogP contribution in [0.4, 0.5) is 11.8 Å². The molecule has 5 N–H and O–H groups in total. The first-order valence-electron chi connectivity index (χ1n) is 7.04. The quantitative estimate of drug-likeness (QED) is 0.596. The summed E-state index contributed by atoms with van der Waals surface area (Å²) in [6.07, 6.45) is 0. The lowest BCUT2D eigenvalue weighted by Gasteiger charge is -2.18. The van der Waals surface area contributed by atoms with Crippen molar-refractivity contribution in [3.05, 3.63) is 17.8 Å². The molecule has 2 heterocycles. The number of rotatable bonds is 4. The van der Waals surface area contributed by atoms with Crippen molar-refractivity contribution in [2.45, 2.75) is 20.8 Å². The van der Waals surface area contributed by atoms with E-state index in [4.69, 9.17) is 25.5 Å². The molecule has 2 aromatic heterocycles. The zero-order valence-electron chi connectivity index (χ0n) is 13.8. The van der Waals surface area contributed by atoms with Gasteiger partial charge in [-0.2, -0.15) is 10.1 Å². The monoisotopic (exact) mass is 338 g/mol. The standard InChI is InChI=1S/C12H18N6.2CH2O2/c1-4-18(5-2)12-14-9(7-11(13)15-12)10-6-8(3)16-17-10;2*2-1-3/h6-7H,4-5H2,1-3H3,(H,16,17)(H2,13,14,15);2*1H,(H,2,3).